The predicted octanol–water partition coefficient (Wildman–Crippen LogP) is 2.48. The van der Waals surface area contributed by atoms with Crippen molar-refractivity contribution in [3.05, 3.63) is 63.7 Å². The van der Waals surface area contributed by atoms with Crippen molar-refractivity contribution in [3.8, 4) is 0 Å². The van der Waals surface area contributed by atoms with E-state index in [0.29, 0.717) is 4.88 Å². The van der Waals surface area contributed by atoms with Crippen molar-refractivity contribution in [1.82, 2.24) is 4.72 Å². The first-order valence-electron chi connectivity index (χ1n) is 5.41. The molecule has 1 aromatic carbocycles. The monoisotopic (exact) mass is 293 g/mol. The summed E-state index contributed by atoms with van der Waals surface area (Å²) in [5.74, 6) is -0.618. The van der Waals surface area contributed by atoms with Gasteiger partial charge < -0.3 is 0 Å². The number of carbonyl (C=O) groups excluding carboxylic acids is 1. The SMILES string of the molecule is O=C(NS(=O)(=O)/C=C/c1ccccc1)c1cccs1. The maximum absolute atomic E-state index is 11.7. The summed E-state index contributed by atoms with van der Waals surface area (Å²) in [6.07, 6.45) is 1.43. The number of hydrogen-bond donors (Lipinski definition) is 1. The largest absolute Gasteiger partial charge is 0.275 e. The molecule has 6 heteroatoms. The van der Waals surface area contributed by atoms with Crippen LogP contribution in [0.15, 0.2) is 53.3 Å². The molecule has 4 nitrogen and oxygen atoms in total. The first-order valence-corrected chi connectivity index (χ1v) is 7.83. The minimum absolute atomic E-state index is 0.358. The maximum Gasteiger partial charge on any atom is 0.275 e. The molecule has 1 aromatic heterocycles. The Morgan fingerprint density at radius 3 is 2.47 bits per heavy atom. The third-order valence-corrected chi connectivity index (χ3v) is 4.05. The summed E-state index contributed by atoms with van der Waals surface area (Å²) in [6.45, 7) is 0. The van der Waals surface area contributed by atoms with Gasteiger partial charge in [-0.2, -0.15) is 0 Å². The minimum Gasteiger partial charge on any atom is -0.267 e. The Morgan fingerprint density at radius 1 is 1.11 bits per heavy atom. The Hall–Kier alpha value is -1.92. The maximum atomic E-state index is 11.7. The molecule has 0 atom stereocenters. The number of sulfonamides is 1. The van der Waals surface area contributed by atoms with Gasteiger partial charge in [-0.3, -0.25) is 4.79 Å². The summed E-state index contributed by atoms with van der Waals surface area (Å²) >= 11 is 1.19. The van der Waals surface area contributed by atoms with Crippen LogP contribution >= 0.6 is 11.3 Å². The van der Waals surface area contributed by atoms with Gasteiger partial charge in [0.05, 0.1) is 10.3 Å². The lowest BCUT2D eigenvalue weighted by molar-refractivity contribution is 0.0986. The Bertz CT molecular complexity index is 674. The van der Waals surface area contributed by atoms with E-state index in [4.69, 9.17) is 0 Å². The fourth-order valence-electron chi connectivity index (χ4n) is 1.35. The molecule has 0 aliphatic heterocycles. The standard InChI is InChI=1S/C13H11NO3S2/c15-13(12-7-4-9-18-12)14-19(16,17)10-8-11-5-2-1-3-6-11/h1-10H,(H,14,15)/b10-8+. The molecule has 2 aromatic rings. The molecule has 0 spiro atoms. The lowest BCUT2D eigenvalue weighted by Crippen LogP contribution is -2.28. The number of carbonyl (C=O) groups is 1. The second-order valence-corrected chi connectivity index (χ2v) is 6.18. The topological polar surface area (TPSA) is 63.2 Å². The third kappa shape index (κ3) is 4.04. The molecule has 19 heavy (non-hydrogen) atoms. The van der Waals surface area contributed by atoms with Crippen molar-refractivity contribution in [2.24, 2.45) is 0 Å². The molecule has 0 saturated carbocycles. The van der Waals surface area contributed by atoms with E-state index in [1.54, 1.807) is 41.8 Å². The van der Waals surface area contributed by atoms with Gasteiger partial charge in [0.15, 0.2) is 0 Å². The van der Waals surface area contributed by atoms with E-state index in [1.165, 1.54) is 17.4 Å². The summed E-state index contributed by atoms with van der Waals surface area (Å²) in [4.78, 5) is 12.0. The summed E-state index contributed by atoms with van der Waals surface area (Å²) in [5.41, 5.74) is 0.747. The second-order valence-electron chi connectivity index (χ2n) is 3.67. The van der Waals surface area contributed by atoms with E-state index in [9.17, 15) is 13.2 Å². The molecular formula is C13H11NO3S2. The smallest absolute Gasteiger partial charge is 0.267 e. The third-order valence-electron chi connectivity index (χ3n) is 2.22. The van der Waals surface area contributed by atoms with Crippen LogP contribution in [-0.4, -0.2) is 14.3 Å². The highest BCUT2D eigenvalue weighted by Gasteiger charge is 2.13. The van der Waals surface area contributed by atoms with Gasteiger partial charge in [0, 0.05) is 0 Å². The van der Waals surface area contributed by atoms with E-state index in [2.05, 4.69) is 0 Å². The number of thiophene rings is 1. The van der Waals surface area contributed by atoms with E-state index in [0.717, 1.165) is 11.0 Å². The van der Waals surface area contributed by atoms with Gasteiger partial charge in [-0.05, 0) is 23.1 Å². The Labute approximate surface area is 115 Å². The van der Waals surface area contributed by atoms with Crippen LogP contribution in [0.3, 0.4) is 0 Å². The fourth-order valence-corrected chi connectivity index (χ4v) is 2.81. The van der Waals surface area contributed by atoms with Crippen LogP contribution in [0.5, 0.6) is 0 Å². The molecule has 0 fully saturated rings. The van der Waals surface area contributed by atoms with Gasteiger partial charge in [0.1, 0.15) is 0 Å². The molecule has 0 bridgehead atoms. The lowest BCUT2D eigenvalue weighted by Gasteiger charge is -2.00. The van der Waals surface area contributed by atoms with Crippen LogP contribution in [0.1, 0.15) is 15.2 Å². The summed E-state index contributed by atoms with van der Waals surface area (Å²) in [5, 5.41) is 2.69. The molecule has 1 N–H and O–H groups in total. The van der Waals surface area contributed by atoms with Gasteiger partial charge in [0.25, 0.3) is 15.9 Å². The average molecular weight is 293 g/mol. The first-order chi connectivity index (χ1) is 9.07. The summed E-state index contributed by atoms with van der Waals surface area (Å²) in [7, 11) is -3.78. The van der Waals surface area contributed by atoms with E-state index < -0.39 is 15.9 Å². The molecule has 0 radical (unpaired) electrons. The van der Waals surface area contributed by atoms with Crippen LogP contribution in [-0.2, 0) is 10.0 Å². The van der Waals surface area contributed by atoms with Crippen LogP contribution in [0, 0.1) is 0 Å². The van der Waals surface area contributed by atoms with Gasteiger partial charge in [-0.1, -0.05) is 36.4 Å². The molecule has 0 saturated heterocycles. The normalized spacial score (nSPS) is 11.6. The molecule has 1 heterocycles. The number of hydrogen-bond acceptors (Lipinski definition) is 4. The Balaban J connectivity index is 2.07. The van der Waals surface area contributed by atoms with Gasteiger partial charge in [0.2, 0.25) is 0 Å². The highest BCUT2D eigenvalue weighted by Crippen LogP contribution is 2.09. The molecule has 0 unspecified atom stereocenters. The molecule has 0 aliphatic rings. The van der Waals surface area contributed by atoms with Gasteiger partial charge in [-0.15, -0.1) is 11.3 Å². The van der Waals surface area contributed by atoms with Crippen molar-refractivity contribution < 1.29 is 13.2 Å². The van der Waals surface area contributed by atoms with Crippen molar-refractivity contribution >= 4 is 33.3 Å². The zero-order chi connectivity index (χ0) is 13.7. The van der Waals surface area contributed by atoms with Crippen LogP contribution < -0.4 is 4.72 Å². The van der Waals surface area contributed by atoms with Crippen LogP contribution in [0.25, 0.3) is 6.08 Å². The summed E-state index contributed by atoms with van der Waals surface area (Å²) < 4.78 is 25.4. The summed E-state index contributed by atoms with van der Waals surface area (Å²) in [6, 6.07) is 12.2. The minimum atomic E-state index is -3.78. The molecule has 98 valence electrons. The zero-order valence-electron chi connectivity index (χ0n) is 9.81. The van der Waals surface area contributed by atoms with Crippen molar-refractivity contribution in [3.63, 3.8) is 0 Å². The zero-order valence-corrected chi connectivity index (χ0v) is 11.4. The number of amides is 1. The Morgan fingerprint density at radius 2 is 1.84 bits per heavy atom. The van der Waals surface area contributed by atoms with Crippen molar-refractivity contribution in [2.75, 3.05) is 0 Å². The number of nitrogens with one attached hydrogen (secondary N) is 1. The average Bonchev–Trinajstić information content (AvgIpc) is 2.91. The van der Waals surface area contributed by atoms with Crippen molar-refractivity contribution in [1.29, 1.82) is 0 Å². The van der Waals surface area contributed by atoms with Crippen LogP contribution in [0.2, 0.25) is 0 Å². The first kappa shape index (κ1) is 13.5. The van der Waals surface area contributed by atoms with E-state index >= 15 is 0 Å². The van der Waals surface area contributed by atoms with Crippen LogP contribution in [0.4, 0.5) is 0 Å². The lowest BCUT2D eigenvalue weighted by atomic mass is 10.2. The molecule has 1 amide bonds. The predicted molar refractivity (Wildman–Crippen MR) is 76.2 cm³/mol. The highest BCUT2D eigenvalue weighted by atomic mass is 32.2. The molecule has 2 rings (SSSR count). The van der Waals surface area contributed by atoms with Crippen molar-refractivity contribution in [2.45, 2.75) is 0 Å². The number of benzene rings is 1. The van der Waals surface area contributed by atoms with E-state index in [1.807, 2.05) is 10.8 Å². The molecular weight excluding hydrogens is 282 g/mol. The second kappa shape index (κ2) is 5.81. The quantitative estimate of drug-likeness (QED) is 0.942. The van der Waals surface area contributed by atoms with Gasteiger partial charge >= 0.3 is 0 Å². The highest BCUT2D eigenvalue weighted by molar-refractivity contribution is 7.93. The van der Waals surface area contributed by atoms with E-state index in [-0.39, 0.29) is 0 Å². The molecule has 0 aliphatic carbocycles. The number of rotatable bonds is 4. The fraction of sp³-hybridized carbons (Fsp3) is 0. The van der Waals surface area contributed by atoms with Gasteiger partial charge in [-0.25, -0.2) is 13.1 Å². The Kier molecular flexibility index (Phi) is 4.13.